The molecule has 1 fully saturated rings. The van der Waals surface area contributed by atoms with Crippen LogP contribution < -0.4 is 9.47 Å². The summed E-state index contributed by atoms with van der Waals surface area (Å²) < 4.78 is 28.7. The number of methoxy groups -OCH3 is 2. The third-order valence-electron chi connectivity index (χ3n) is 8.77. The zero-order valence-corrected chi connectivity index (χ0v) is 23.0. The molecule has 1 aliphatic carbocycles. The number of carbonyl (C=O) groups is 3. The molecule has 3 aliphatic rings. The number of fused-ring (bicyclic) bond motifs is 3. The summed E-state index contributed by atoms with van der Waals surface area (Å²) in [6, 6.07) is 0. The van der Waals surface area contributed by atoms with Crippen LogP contribution in [-0.4, -0.2) is 54.5 Å². The standard InChI is InChI=1S/C28H38O9/c1-14-17-13-35-25(31)21(17)23(34-8)16-11-19-27(5,10-9-20(30)33-7)24(26(3,4)32)18(36-15(2)29)12-28(19,6)37-22(14)16/h18-19,24,32H,9-13H2,1-8H3. The molecule has 1 saturated carbocycles. The maximum absolute atomic E-state index is 12.6. The van der Waals surface area contributed by atoms with Gasteiger partial charge in [0.15, 0.2) is 0 Å². The van der Waals surface area contributed by atoms with E-state index in [1.54, 1.807) is 13.8 Å². The first-order chi connectivity index (χ1) is 17.2. The zero-order chi connectivity index (χ0) is 27.5. The highest BCUT2D eigenvalue weighted by Crippen LogP contribution is 2.62. The average Bonchev–Trinajstić information content (AvgIpc) is 3.17. The summed E-state index contributed by atoms with van der Waals surface area (Å²) in [6.07, 6.45) is 0.683. The van der Waals surface area contributed by atoms with Gasteiger partial charge in [0.1, 0.15) is 35.4 Å². The maximum atomic E-state index is 12.6. The summed E-state index contributed by atoms with van der Waals surface area (Å²) in [6.45, 7) is 10.8. The van der Waals surface area contributed by atoms with Crippen molar-refractivity contribution in [1.82, 2.24) is 0 Å². The molecule has 5 atom stereocenters. The highest BCUT2D eigenvalue weighted by molar-refractivity contribution is 5.98. The van der Waals surface area contributed by atoms with Gasteiger partial charge in [-0.3, -0.25) is 9.59 Å². The van der Waals surface area contributed by atoms with Gasteiger partial charge in [-0.25, -0.2) is 4.79 Å². The molecule has 4 rings (SSSR count). The summed E-state index contributed by atoms with van der Waals surface area (Å²) >= 11 is 0. The number of ether oxygens (including phenoxy) is 5. The Morgan fingerprint density at radius 3 is 2.43 bits per heavy atom. The van der Waals surface area contributed by atoms with Crippen LogP contribution in [0.25, 0.3) is 0 Å². The van der Waals surface area contributed by atoms with Crippen molar-refractivity contribution in [3.05, 3.63) is 22.3 Å². The summed E-state index contributed by atoms with van der Waals surface area (Å²) in [5.41, 5.74) is -0.00394. The van der Waals surface area contributed by atoms with E-state index in [4.69, 9.17) is 23.7 Å². The van der Waals surface area contributed by atoms with Crippen molar-refractivity contribution in [2.75, 3.05) is 14.2 Å². The minimum Gasteiger partial charge on any atom is -0.495 e. The van der Waals surface area contributed by atoms with Gasteiger partial charge >= 0.3 is 17.9 Å². The molecule has 37 heavy (non-hydrogen) atoms. The predicted octanol–water partition coefficient (Wildman–Crippen LogP) is 3.67. The Bertz CT molecular complexity index is 1130. The van der Waals surface area contributed by atoms with E-state index in [1.165, 1.54) is 21.1 Å². The summed E-state index contributed by atoms with van der Waals surface area (Å²) in [4.78, 5) is 37.1. The van der Waals surface area contributed by atoms with E-state index >= 15 is 0 Å². The van der Waals surface area contributed by atoms with Crippen molar-refractivity contribution in [3.63, 3.8) is 0 Å². The van der Waals surface area contributed by atoms with E-state index in [1.807, 2.05) is 20.8 Å². The second-order valence-corrected chi connectivity index (χ2v) is 11.6. The number of aliphatic hydroxyl groups is 1. The van der Waals surface area contributed by atoms with E-state index < -0.39 is 40.6 Å². The van der Waals surface area contributed by atoms with Gasteiger partial charge in [-0.15, -0.1) is 0 Å². The van der Waals surface area contributed by atoms with Crippen LogP contribution in [0.15, 0.2) is 0 Å². The minimum absolute atomic E-state index is 0.123. The van der Waals surface area contributed by atoms with Crippen molar-refractivity contribution in [1.29, 1.82) is 0 Å². The molecule has 2 aliphatic heterocycles. The fourth-order valence-electron chi connectivity index (χ4n) is 7.48. The molecule has 9 nitrogen and oxygen atoms in total. The van der Waals surface area contributed by atoms with Gasteiger partial charge in [0.05, 0.1) is 19.8 Å². The molecule has 2 heterocycles. The molecule has 0 radical (unpaired) electrons. The normalized spacial score (nSPS) is 30.3. The Labute approximate surface area is 217 Å². The van der Waals surface area contributed by atoms with E-state index in [2.05, 4.69) is 0 Å². The van der Waals surface area contributed by atoms with Crippen LogP contribution in [0.5, 0.6) is 11.5 Å². The number of rotatable bonds is 6. The SMILES string of the molecule is COC(=O)CCC1(C)C(C(C)(C)O)C(OC(C)=O)CC2(C)Oc3c(C)c4c(c(OC)c3CC21)C(=O)OC4. The van der Waals surface area contributed by atoms with Crippen LogP contribution in [0.3, 0.4) is 0 Å². The fourth-order valence-corrected chi connectivity index (χ4v) is 7.48. The Kier molecular flexibility index (Phi) is 6.76. The van der Waals surface area contributed by atoms with Crippen molar-refractivity contribution >= 4 is 17.9 Å². The van der Waals surface area contributed by atoms with Gasteiger partial charge in [0.2, 0.25) is 0 Å². The molecule has 1 N–H and O–H groups in total. The molecule has 1 aromatic carbocycles. The molecule has 0 saturated heterocycles. The summed E-state index contributed by atoms with van der Waals surface area (Å²) in [7, 11) is 2.87. The number of benzene rings is 1. The van der Waals surface area contributed by atoms with Crippen LogP contribution >= 0.6 is 0 Å². The Hall–Kier alpha value is -2.81. The smallest absolute Gasteiger partial charge is 0.342 e. The van der Waals surface area contributed by atoms with Gasteiger partial charge in [-0.05, 0) is 51.5 Å². The molecule has 0 spiro atoms. The van der Waals surface area contributed by atoms with E-state index in [0.29, 0.717) is 36.3 Å². The number of carbonyl (C=O) groups excluding carboxylic acids is 3. The fraction of sp³-hybridized carbons (Fsp3) is 0.679. The second-order valence-electron chi connectivity index (χ2n) is 11.6. The number of cyclic esters (lactones) is 1. The van der Waals surface area contributed by atoms with Crippen LogP contribution in [-0.2, 0) is 36.8 Å². The maximum Gasteiger partial charge on any atom is 0.342 e. The van der Waals surface area contributed by atoms with Crippen molar-refractivity contribution in [2.45, 2.75) is 91.1 Å². The van der Waals surface area contributed by atoms with E-state index in [0.717, 1.165) is 16.7 Å². The van der Waals surface area contributed by atoms with E-state index in [-0.39, 0.29) is 24.9 Å². The minimum atomic E-state index is -1.24. The molecular formula is C28H38O9. The Balaban J connectivity index is 1.92. The lowest BCUT2D eigenvalue weighted by molar-refractivity contribution is -0.223. The number of hydrogen-bond donors (Lipinski definition) is 1. The molecule has 9 heteroatoms. The largest absolute Gasteiger partial charge is 0.495 e. The lowest BCUT2D eigenvalue weighted by Crippen LogP contribution is -2.66. The first-order valence-electron chi connectivity index (χ1n) is 12.7. The van der Waals surface area contributed by atoms with Gasteiger partial charge in [-0.2, -0.15) is 0 Å². The van der Waals surface area contributed by atoms with Gasteiger partial charge in [-0.1, -0.05) is 6.92 Å². The Morgan fingerprint density at radius 2 is 1.86 bits per heavy atom. The predicted molar refractivity (Wildman–Crippen MR) is 132 cm³/mol. The second kappa shape index (κ2) is 9.19. The molecule has 0 amide bonds. The summed E-state index contributed by atoms with van der Waals surface area (Å²) in [5.74, 6) is -0.874. The molecule has 0 aromatic heterocycles. The quantitative estimate of drug-likeness (QED) is 0.445. The van der Waals surface area contributed by atoms with Crippen LogP contribution in [0.4, 0.5) is 0 Å². The molecule has 204 valence electrons. The third-order valence-corrected chi connectivity index (χ3v) is 8.77. The molecule has 5 unspecified atom stereocenters. The van der Waals surface area contributed by atoms with Crippen molar-refractivity contribution in [2.24, 2.45) is 17.3 Å². The average molecular weight is 519 g/mol. The van der Waals surface area contributed by atoms with Crippen molar-refractivity contribution in [3.8, 4) is 11.5 Å². The monoisotopic (exact) mass is 518 g/mol. The first-order valence-corrected chi connectivity index (χ1v) is 12.7. The first kappa shape index (κ1) is 27.2. The summed E-state index contributed by atoms with van der Waals surface area (Å²) in [5, 5.41) is 11.4. The van der Waals surface area contributed by atoms with Gasteiger partial charge in [0.25, 0.3) is 0 Å². The number of esters is 3. The highest BCUT2D eigenvalue weighted by atomic mass is 16.6. The lowest BCUT2D eigenvalue weighted by Gasteiger charge is -2.62. The highest BCUT2D eigenvalue weighted by Gasteiger charge is 2.64. The lowest BCUT2D eigenvalue weighted by atomic mass is 9.48. The van der Waals surface area contributed by atoms with Gasteiger partial charge in [0, 0.05) is 42.7 Å². The Morgan fingerprint density at radius 1 is 1.19 bits per heavy atom. The van der Waals surface area contributed by atoms with Crippen LogP contribution in [0.1, 0.15) is 80.9 Å². The zero-order valence-electron chi connectivity index (χ0n) is 23.0. The number of hydrogen-bond acceptors (Lipinski definition) is 9. The van der Waals surface area contributed by atoms with Crippen LogP contribution in [0, 0.1) is 24.2 Å². The topological polar surface area (TPSA) is 118 Å². The van der Waals surface area contributed by atoms with Crippen LogP contribution in [0.2, 0.25) is 0 Å². The third kappa shape index (κ3) is 4.35. The van der Waals surface area contributed by atoms with Gasteiger partial charge < -0.3 is 28.8 Å². The van der Waals surface area contributed by atoms with E-state index in [9.17, 15) is 19.5 Å². The molecule has 0 bridgehead atoms. The van der Waals surface area contributed by atoms with Crippen molar-refractivity contribution < 1.29 is 43.2 Å². The molecule has 1 aromatic rings. The molecular weight excluding hydrogens is 480 g/mol.